The lowest BCUT2D eigenvalue weighted by Crippen LogP contribution is -2.45. The molecule has 1 saturated heterocycles. The van der Waals surface area contributed by atoms with E-state index in [1.165, 1.54) is 30.6 Å². The lowest BCUT2D eigenvalue weighted by atomic mass is 10.0. The summed E-state index contributed by atoms with van der Waals surface area (Å²) in [5.41, 5.74) is 2.91. The minimum Gasteiger partial charge on any atom is -0.370 e. The summed E-state index contributed by atoms with van der Waals surface area (Å²) in [6.07, 6.45) is 2.59. The average Bonchev–Trinajstić information content (AvgIpc) is 2.44. The highest BCUT2D eigenvalue weighted by molar-refractivity contribution is 5.54. The van der Waals surface area contributed by atoms with Crippen LogP contribution in [0.15, 0.2) is 24.3 Å². The van der Waals surface area contributed by atoms with Crippen molar-refractivity contribution in [3.8, 4) is 0 Å². The molecule has 118 valence electrons. The largest absolute Gasteiger partial charge is 0.370 e. The first-order chi connectivity index (χ1) is 9.87. The molecule has 1 heterocycles. The lowest BCUT2D eigenvalue weighted by Gasteiger charge is -2.38. The van der Waals surface area contributed by atoms with Crippen molar-refractivity contribution in [3.05, 3.63) is 29.8 Å². The van der Waals surface area contributed by atoms with Gasteiger partial charge in [-0.1, -0.05) is 18.2 Å². The summed E-state index contributed by atoms with van der Waals surface area (Å²) in [6.45, 7) is 9.97. The summed E-state index contributed by atoms with van der Waals surface area (Å²) in [4.78, 5) is 4.93. The number of para-hydroxylation sites is 1. The van der Waals surface area contributed by atoms with Crippen molar-refractivity contribution in [1.29, 1.82) is 0 Å². The fourth-order valence-electron chi connectivity index (χ4n) is 3.02. The summed E-state index contributed by atoms with van der Waals surface area (Å²) < 4.78 is 0. The molecule has 1 aliphatic rings. The van der Waals surface area contributed by atoms with Gasteiger partial charge in [0.2, 0.25) is 0 Å². The highest BCUT2D eigenvalue weighted by Crippen LogP contribution is 2.25. The van der Waals surface area contributed by atoms with Crippen LogP contribution >= 0.6 is 0 Å². The molecular weight excluding hydrogens is 258 g/mol. The van der Waals surface area contributed by atoms with Crippen LogP contribution in [0.1, 0.15) is 39.2 Å². The van der Waals surface area contributed by atoms with Crippen LogP contribution in [0.25, 0.3) is 0 Å². The van der Waals surface area contributed by atoms with E-state index in [0.29, 0.717) is 6.04 Å². The maximum Gasteiger partial charge on any atom is 0.0414 e. The van der Waals surface area contributed by atoms with E-state index in [9.17, 15) is 0 Å². The third kappa shape index (κ3) is 4.72. The normalized spacial score (nSPS) is 20.5. The van der Waals surface area contributed by atoms with Gasteiger partial charge in [-0.15, -0.1) is 0 Å². The first-order valence-electron chi connectivity index (χ1n) is 8.11. The molecule has 0 spiro atoms. The van der Waals surface area contributed by atoms with Crippen molar-refractivity contribution in [3.63, 3.8) is 0 Å². The van der Waals surface area contributed by atoms with E-state index in [-0.39, 0.29) is 5.54 Å². The molecule has 0 aliphatic carbocycles. The number of rotatable bonds is 4. The van der Waals surface area contributed by atoms with Gasteiger partial charge in [0.25, 0.3) is 0 Å². The quantitative estimate of drug-likeness (QED) is 0.919. The first kappa shape index (κ1) is 16.3. The van der Waals surface area contributed by atoms with Crippen LogP contribution in [0.5, 0.6) is 0 Å². The SMILES string of the molecule is CN1CCCC(N(C)c2ccccc2CNC(C)(C)C)C1. The number of benzene rings is 1. The Balaban J connectivity index is 2.11. The van der Waals surface area contributed by atoms with Crippen molar-refractivity contribution in [2.75, 3.05) is 32.1 Å². The molecule has 1 N–H and O–H groups in total. The zero-order chi connectivity index (χ0) is 15.5. The molecule has 3 nitrogen and oxygen atoms in total. The minimum absolute atomic E-state index is 0.150. The van der Waals surface area contributed by atoms with Gasteiger partial charge < -0.3 is 15.1 Å². The van der Waals surface area contributed by atoms with Gasteiger partial charge in [-0.05, 0) is 58.8 Å². The monoisotopic (exact) mass is 289 g/mol. The number of hydrogen-bond acceptors (Lipinski definition) is 3. The topological polar surface area (TPSA) is 18.5 Å². The Bertz CT molecular complexity index is 450. The van der Waals surface area contributed by atoms with Gasteiger partial charge in [0.05, 0.1) is 0 Å². The highest BCUT2D eigenvalue weighted by Gasteiger charge is 2.22. The number of anilines is 1. The van der Waals surface area contributed by atoms with E-state index in [2.05, 4.69) is 74.2 Å². The molecule has 21 heavy (non-hydrogen) atoms. The zero-order valence-electron chi connectivity index (χ0n) is 14.3. The maximum atomic E-state index is 3.61. The molecule has 1 atom stereocenters. The molecule has 0 aromatic heterocycles. The fraction of sp³-hybridized carbons (Fsp3) is 0.667. The molecule has 0 saturated carbocycles. The van der Waals surface area contributed by atoms with Crippen LogP contribution in [0.2, 0.25) is 0 Å². The Kier molecular flexibility index (Phi) is 5.28. The number of piperidine rings is 1. The standard InChI is InChI=1S/C18H31N3/c1-18(2,3)19-13-15-9-6-7-11-17(15)21(5)16-10-8-12-20(4)14-16/h6-7,9,11,16,19H,8,10,12-14H2,1-5H3. The summed E-state index contributed by atoms with van der Waals surface area (Å²) in [5, 5.41) is 3.61. The van der Waals surface area contributed by atoms with E-state index >= 15 is 0 Å². The molecule has 0 amide bonds. The highest BCUT2D eigenvalue weighted by atomic mass is 15.2. The number of nitrogens with zero attached hydrogens (tertiary/aromatic N) is 2. The van der Waals surface area contributed by atoms with Gasteiger partial charge >= 0.3 is 0 Å². The lowest BCUT2D eigenvalue weighted by molar-refractivity contribution is 0.248. The van der Waals surface area contributed by atoms with Crippen molar-refractivity contribution < 1.29 is 0 Å². The fourth-order valence-corrected chi connectivity index (χ4v) is 3.02. The van der Waals surface area contributed by atoms with Crippen LogP contribution < -0.4 is 10.2 Å². The average molecular weight is 289 g/mol. The maximum absolute atomic E-state index is 3.61. The predicted octanol–water partition coefficient (Wildman–Crippen LogP) is 3.11. The van der Waals surface area contributed by atoms with E-state index in [1.54, 1.807) is 0 Å². The summed E-state index contributed by atoms with van der Waals surface area (Å²) in [6, 6.07) is 9.42. The number of hydrogen-bond donors (Lipinski definition) is 1. The molecule has 1 aromatic carbocycles. The van der Waals surface area contributed by atoms with E-state index in [1.807, 2.05) is 0 Å². The Morgan fingerprint density at radius 3 is 2.67 bits per heavy atom. The molecule has 0 radical (unpaired) electrons. The van der Waals surface area contributed by atoms with Crippen LogP contribution in [-0.2, 0) is 6.54 Å². The Labute approximate surface area is 130 Å². The minimum atomic E-state index is 0.150. The molecule has 1 aliphatic heterocycles. The second-order valence-corrected chi connectivity index (χ2v) is 7.40. The van der Waals surface area contributed by atoms with Gasteiger partial charge in [0.1, 0.15) is 0 Å². The van der Waals surface area contributed by atoms with E-state index in [4.69, 9.17) is 0 Å². The van der Waals surface area contributed by atoms with Gasteiger partial charge in [0.15, 0.2) is 0 Å². The van der Waals surface area contributed by atoms with Crippen molar-refractivity contribution in [2.45, 2.75) is 51.7 Å². The molecule has 2 rings (SSSR count). The summed E-state index contributed by atoms with van der Waals surface area (Å²) in [5.74, 6) is 0. The van der Waals surface area contributed by atoms with Gasteiger partial charge in [0, 0.05) is 37.4 Å². The van der Waals surface area contributed by atoms with Gasteiger partial charge in [-0.2, -0.15) is 0 Å². The van der Waals surface area contributed by atoms with Gasteiger partial charge in [-0.25, -0.2) is 0 Å². The number of likely N-dealkylation sites (tertiary alicyclic amines) is 1. The molecule has 1 unspecified atom stereocenters. The zero-order valence-corrected chi connectivity index (χ0v) is 14.3. The smallest absolute Gasteiger partial charge is 0.0414 e. The van der Waals surface area contributed by atoms with Crippen molar-refractivity contribution in [2.24, 2.45) is 0 Å². The van der Waals surface area contributed by atoms with Crippen LogP contribution in [0.4, 0.5) is 5.69 Å². The summed E-state index contributed by atoms with van der Waals surface area (Å²) in [7, 11) is 4.48. The van der Waals surface area contributed by atoms with Crippen LogP contribution in [-0.4, -0.2) is 43.7 Å². The third-order valence-electron chi connectivity index (χ3n) is 4.33. The van der Waals surface area contributed by atoms with Crippen molar-refractivity contribution >= 4 is 5.69 Å². The van der Waals surface area contributed by atoms with Crippen molar-refractivity contribution in [1.82, 2.24) is 10.2 Å². The van der Waals surface area contributed by atoms with E-state index < -0.39 is 0 Å². The third-order valence-corrected chi connectivity index (χ3v) is 4.33. The van der Waals surface area contributed by atoms with Crippen LogP contribution in [0, 0.1) is 0 Å². The second-order valence-electron chi connectivity index (χ2n) is 7.40. The molecule has 1 fully saturated rings. The molecule has 1 aromatic rings. The van der Waals surface area contributed by atoms with Gasteiger partial charge in [-0.3, -0.25) is 0 Å². The number of nitrogens with one attached hydrogen (secondary N) is 1. The predicted molar refractivity (Wildman–Crippen MR) is 92.0 cm³/mol. The molecule has 3 heteroatoms. The Morgan fingerprint density at radius 1 is 1.29 bits per heavy atom. The second kappa shape index (κ2) is 6.80. The number of likely N-dealkylation sites (N-methyl/N-ethyl adjacent to an activating group) is 2. The van der Waals surface area contributed by atoms with Crippen LogP contribution in [0.3, 0.4) is 0 Å². The molecular formula is C18H31N3. The Hall–Kier alpha value is -1.06. The molecule has 0 bridgehead atoms. The Morgan fingerprint density at radius 2 is 2.00 bits per heavy atom. The van der Waals surface area contributed by atoms with E-state index in [0.717, 1.165) is 13.1 Å². The summed E-state index contributed by atoms with van der Waals surface area (Å²) >= 11 is 0. The first-order valence-corrected chi connectivity index (χ1v) is 8.11.